The number of methoxy groups -OCH3 is 1. The number of ether oxygens (including phenoxy) is 1. The predicted octanol–water partition coefficient (Wildman–Crippen LogP) is 2.64. The van der Waals surface area contributed by atoms with Crippen LogP contribution in [0, 0.1) is 0 Å². The van der Waals surface area contributed by atoms with E-state index in [2.05, 4.69) is 15.4 Å². The molecule has 0 spiro atoms. The summed E-state index contributed by atoms with van der Waals surface area (Å²) in [4.78, 5) is 31.2. The van der Waals surface area contributed by atoms with E-state index in [0.717, 1.165) is 35.5 Å². The molecule has 31 heavy (non-hydrogen) atoms. The standard InChI is InChI=1S/C23H25N5O3/c1-31-22(29)21(13-17-7-3-2-4-8-17)25-23(30)27-11-6-12-28-19(16-27)14-20(26-28)18-9-5-10-24-15-18/h2-5,7-10,14-15,21H,6,11-13,16H2,1H3,(H,25,30)/t21-/m0/s1. The Kier molecular flexibility index (Phi) is 6.26. The molecule has 4 rings (SSSR count). The third kappa shape index (κ3) is 4.91. The number of carbonyl (C=O) groups is 2. The van der Waals surface area contributed by atoms with Gasteiger partial charge < -0.3 is 15.0 Å². The summed E-state index contributed by atoms with van der Waals surface area (Å²) in [5, 5.41) is 7.53. The SMILES string of the molecule is COC(=O)[C@H](Cc1ccccc1)NC(=O)N1CCCn2nc(-c3cccnc3)cc2C1. The molecule has 0 fully saturated rings. The summed E-state index contributed by atoms with van der Waals surface area (Å²) < 4.78 is 6.86. The van der Waals surface area contributed by atoms with Gasteiger partial charge in [-0.1, -0.05) is 30.3 Å². The fourth-order valence-electron chi connectivity index (χ4n) is 3.72. The fourth-order valence-corrected chi connectivity index (χ4v) is 3.72. The molecule has 8 nitrogen and oxygen atoms in total. The van der Waals surface area contributed by atoms with Crippen molar-refractivity contribution in [2.45, 2.75) is 32.0 Å². The molecule has 0 radical (unpaired) electrons. The molecule has 0 saturated heterocycles. The van der Waals surface area contributed by atoms with Gasteiger partial charge in [0.1, 0.15) is 6.04 Å². The van der Waals surface area contributed by atoms with Crippen molar-refractivity contribution in [3.63, 3.8) is 0 Å². The molecule has 160 valence electrons. The number of pyridine rings is 1. The van der Waals surface area contributed by atoms with Gasteiger partial charge in [0.05, 0.1) is 25.0 Å². The van der Waals surface area contributed by atoms with Gasteiger partial charge >= 0.3 is 12.0 Å². The van der Waals surface area contributed by atoms with Gasteiger partial charge in [-0.2, -0.15) is 5.10 Å². The maximum absolute atomic E-state index is 13.0. The van der Waals surface area contributed by atoms with Crippen LogP contribution >= 0.6 is 0 Å². The molecule has 1 aromatic carbocycles. The molecule has 0 unspecified atom stereocenters. The van der Waals surface area contributed by atoms with Gasteiger partial charge in [0, 0.05) is 37.5 Å². The number of rotatable bonds is 5. The molecule has 3 heterocycles. The highest BCUT2D eigenvalue weighted by molar-refractivity contribution is 5.83. The summed E-state index contributed by atoms with van der Waals surface area (Å²) >= 11 is 0. The van der Waals surface area contributed by atoms with Crippen molar-refractivity contribution in [2.75, 3.05) is 13.7 Å². The molecule has 3 aromatic rings. The average Bonchev–Trinajstić information content (AvgIpc) is 3.10. The van der Waals surface area contributed by atoms with E-state index in [9.17, 15) is 9.59 Å². The van der Waals surface area contributed by atoms with Gasteiger partial charge in [0.15, 0.2) is 0 Å². The molecular formula is C23H25N5O3. The van der Waals surface area contributed by atoms with Crippen LogP contribution in [0.3, 0.4) is 0 Å². The Morgan fingerprint density at radius 1 is 1.16 bits per heavy atom. The minimum absolute atomic E-state index is 0.288. The lowest BCUT2D eigenvalue weighted by atomic mass is 10.1. The van der Waals surface area contributed by atoms with Crippen LogP contribution in [-0.4, -0.2) is 51.4 Å². The maximum atomic E-state index is 13.0. The summed E-state index contributed by atoms with van der Waals surface area (Å²) in [5.41, 5.74) is 3.67. The number of esters is 1. The highest BCUT2D eigenvalue weighted by Gasteiger charge is 2.27. The van der Waals surface area contributed by atoms with Crippen molar-refractivity contribution in [3.8, 4) is 11.3 Å². The molecule has 1 aliphatic heterocycles. The van der Waals surface area contributed by atoms with E-state index in [-0.39, 0.29) is 6.03 Å². The number of hydrogen-bond acceptors (Lipinski definition) is 5. The summed E-state index contributed by atoms with van der Waals surface area (Å²) in [6, 6.07) is 14.4. The zero-order chi connectivity index (χ0) is 21.6. The Balaban J connectivity index is 1.48. The Morgan fingerprint density at radius 3 is 2.74 bits per heavy atom. The third-order valence-corrected chi connectivity index (χ3v) is 5.32. The Labute approximate surface area is 180 Å². The second-order valence-electron chi connectivity index (χ2n) is 7.48. The number of aryl methyl sites for hydroxylation is 1. The number of nitrogens with zero attached hydrogens (tertiary/aromatic N) is 4. The predicted molar refractivity (Wildman–Crippen MR) is 115 cm³/mol. The van der Waals surface area contributed by atoms with Crippen molar-refractivity contribution in [3.05, 3.63) is 72.2 Å². The van der Waals surface area contributed by atoms with Crippen molar-refractivity contribution in [1.29, 1.82) is 0 Å². The Hall–Kier alpha value is -3.68. The van der Waals surface area contributed by atoms with Crippen molar-refractivity contribution in [2.24, 2.45) is 0 Å². The molecule has 2 amide bonds. The van der Waals surface area contributed by atoms with Gasteiger partial charge in [-0.05, 0) is 30.2 Å². The topological polar surface area (TPSA) is 89.4 Å². The van der Waals surface area contributed by atoms with Crippen LogP contribution in [0.15, 0.2) is 60.9 Å². The van der Waals surface area contributed by atoms with Crippen molar-refractivity contribution in [1.82, 2.24) is 25.0 Å². The second-order valence-corrected chi connectivity index (χ2v) is 7.48. The molecule has 8 heteroatoms. The first-order valence-electron chi connectivity index (χ1n) is 10.3. The van der Waals surface area contributed by atoms with Gasteiger partial charge in [-0.15, -0.1) is 0 Å². The smallest absolute Gasteiger partial charge is 0.328 e. The molecule has 0 saturated carbocycles. The molecule has 0 aliphatic carbocycles. The number of carbonyl (C=O) groups excluding carboxylic acids is 2. The molecule has 1 aliphatic rings. The maximum Gasteiger partial charge on any atom is 0.328 e. The number of urea groups is 1. The summed E-state index contributed by atoms with van der Waals surface area (Å²) in [6.07, 6.45) is 4.65. The second kappa shape index (κ2) is 9.42. The number of hydrogen-bond donors (Lipinski definition) is 1. The minimum atomic E-state index is -0.751. The first-order chi connectivity index (χ1) is 15.1. The molecule has 2 aromatic heterocycles. The van der Waals surface area contributed by atoms with Crippen molar-refractivity contribution < 1.29 is 14.3 Å². The molecule has 1 atom stereocenters. The van der Waals surface area contributed by atoms with Gasteiger partial charge in [-0.3, -0.25) is 9.67 Å². The zero-order valence-electron chi connectivity index (χ0n) is 17.4. The zero-order valence-corrected chi connectivity index (χ0v) is 17.4. The van der Waals surface area contributed by atoms with Crippen LogP contribution in [0.1, 0.15) is 17.7 Å². The highest BCUT2D eigenvalue weighted by atomic mass is 16.5. The third-order valence-electron chi connectivity index (χ3n) is 5.32. The highest BCUT2D eigenvalue weighted by Crippen LogP contribution is 2.21. The lowest BCUT2D eigenvalue weighted by Gasteiger charge is -2.24. The number of aromatic nitrogens is 3. The lowest BCUT2D eigenvalue weighted by molar-refractivity contribution is -0.142. The number of benzene rings is 1. The van der Waals surface area contributed by atoms with Crippen LogP contribution in [0.5, 0.6) is 0 Å². The first-order valence-corrected chi connectivity index (χ1v) is 10.3. The minimum Gasteiger partial charge on any atom is -0.467 e. The largest absolute Gasteiger partial charge is 0.467 e. The van der Waals surface area contributed by atoms with E-state index in [1.54, 1.807) is 17.3 Å². The van der Waals surface area contributed by atoms with Gasteiger partial charge in [0.2, 0.25) is 0 Å². The van der Waals surface area contributed by atoms with Gasteiger partial charge in [0.25, 0.3) is 0 Å². The van der Waals surface area contributed by atoms with E-state index in [0.29, 0.717) is 19.5 Å². The van der Waals surface area contributed by atoms with Crippen LogP contribution < -0.4 is 5.32 Å². The summed E-state index contributed by atoms with van der Waals surface area (Å²) in [7, 11) is 1.33. The first kappa shape index (κ1) is 20.6. The van der Waals surface area contributed by atoms with Crippen LogP contribution in [-0.2, 0) is 29.0 Å². The van der Waals surface area contributed by atoms with E-state index >= 15 is 0 Å². The van der Waals surface area contributed by atoms with E-state index in [1.165, 1.54) is 7.11 Å². The van der Waals surface area contributed by atoms with Crippen LogP contribution in [0.4, 0.5) is 4.79 Å². The average molecular weight is 419 g/mol. The number of fused-ring (bicyclic) bond motifs is 1. The normalized spacial score (nSPS) is 14.3. The summed E-state index contributed by atoms with van der Waals surface area (Å²) in [6.45, 7) is 1.72. The van der Waals surface area contributed by atoms with Crippen molar-refractivity contribution >= 4 is 12.0 Å². The fraction of sp³-hybridized carbons (Fsp3) is 0.304. The lowest BCUT2D eigenvalue weighted by Crippen LogP contribution is -2.49. The van der Waals surface area contributed by atoms with Gasteiger partial charge in [-0.25, -0.2) is 9.59 Å². The molecular weight excluding hydrogens is 394 g/mol. The Morgan fingerprint density at radius 2 is 2.00 bits per heavy atom. The number of amides is 2. The number of nitrogens with one attached hydrogen (secondary N) is 1. The van der Waals surface area contributed by atoms with Crippen LogP contribution in [0.25, 0.3) is 11.3 Å². The summed E-state index contributed by atoms with van der Waals surface area (Å²) in [5.74, 6) is -0.462. The van der Waals surface area contributed by atoms with E-state index in [1.807, 2.05) is 53.2 Å². The van der Waals surface area contributed by atoms with E-state index in [4.69, 9.17) is 4.74 Å². The Bertz CT molecular complexity index is 1040. The quantitative estimate of drug-likeness (QED) is 0.642. The molecule has 1 N–H and O–H groups in total. The van der Waals surface area contributed by atoms with E-state index < -0.39 is 12.0 Å². The monoisotopic (exact) mass is 419 g/mol. The van der Waals surface area contributed by atoms with Crippen LogP contribution in [0.2, 0.25) is 0 Å². The molecule has 0 bridgehead atoms.